The number of amides is 4. The molecular weight excluding hydrogens is 751 g/mol. The lowest BCUT2D eigenvalue weighted by molar-refractivity contribution is -0.192. The molecule has 0 aliphatic carbocycles. The molecule has 0 saturated heterocycles. The maximum Gasteiger partial charge on any atom is 0.490 e. The first-order valence-electron chi connectivity index (χ1n) is 17.7. The molecule has 2 unspecified atom stereocenters. The van der Waals surface area contributed by atoms with Crippen molar-refractivity contribution < 1.29 is 47.0 Å². The molecule has 0 aromatic heterocycles. The molecular formula is C38H48F3N9O7. The van der Waals surface area contributed by atoms with Crippen molar-refractivity contribution in [2.24, 2.45) is 17.2 Å². The second kappa shape index (κ2) is 24.0. The largest absolute Gasteiger partial charge is 0.490 e. The number of aliphatic carboxylic acids is 1. The Bertz CT molecular complexity index is 1780. The lowest BCUT2D eigenvalue weighted by Crippen LogP contribution is -2.53. The van der Waals surface area contributed by atoms with Crippen LogP contribution in [-0.2, 0) is 36.9 Å². The van der Waals surface area contributed by atoms with E-state index in [-0.39, 0.29) is 37.8 Å². The van der Waals surface area contributed by atoms with Gasteiger partial charge in [0.25, 0.3) is 0 Å². The van der Waals surface area contributed by atoms with Crippen molar-refractivity contribution in [3.63, 3.8) is 0 Å². The van der Waals surface area contributed by atoms with Gasteiger partial charge in [0.2, 0.25) is 17.7 Å². The molecule has 0 saturated carbocycles. The normalized spacial score (nSPS) is 12.3. The summed E-state index contributed by atoms with van der Waals surface area (Å²) in [6.45, 7) is 0.726. The molecule has 0 aliphatic heterocycles. The Balaban J connectivity index is 0.00000146. The first-order valence-corrected chi connectivity index (χ1v) is 17.7. The van der Waals surface area contributed by atoms with E-state index in [1.807, 2.05) is 60.7 Å². The summed E-state index contributed by atoms with van der Waals surface area (Å²) in [6.07, 6.45) is -3.60. The van der Waals surface area contributed by atoms with E-state index >= 15 is 0 Å². The van der Waals surface area contributed by atoms with Gasteiger partial charge in [-0.2, -0.15) is 13.2 Å². The van der Waals surface area contributed by atoms with Crippen LogP contribution in [0, 0.1) is 10.8 Å². The van der Waals surface area contributed by atoms with Gasteiger partial charge in [-0.15, -0.1) is 0 Å². The van der Waals surface area contributed by atoms with Gasteiger partial charge >= 0.3 is 18.2 Å². The number of carboxylic acids is 1. The number of hydrogen-bond acceptors (Lipinski definition) is 8. The number of nitrogens with two attached hydrogens (primary N) is 3. The second-order valence-electron chi connectivity index (χ2n) is 12.6. The quantitative estimate of drug-likeness (QED) is 0.0453. The van der Waals surface area contributed by atoms with Gasteiger partial charge in [-0.3, -0.25) is 25.2 Å². The smallest absolute Gasteiger partial charge is 0.475 e. The van der Waals surface area contributed by atoms with Crippen LogP contribution in [0.15, 0.2) is 84.9 Å². The molecule has 16 nitrogen and oxygen atoms in total. The Hall–Kier alpha value is -6.66. The number of guanidine groups is 1. The third-order valence-electron chi connectivity index (χ3n) is 8.15. The molecule has 308 valence electrons. The zero-order valence-electron chi connectivity index (χ0n) is 30.9. The highest BCUT2D eigenvalue weighted by Crippen LogP contribution is 2.23. The Morgan fingerprint density at radius 1 is 0.702 bits per heavy atom. The van der Waals surface area contributed by atoms with E-state index in [1.54, 1.807) is 24.3 Å². The molecule has 0 spiro atoms. The van der Waals surface area contributed by atoms with Crippen LogP contribution in [0.2, 0.25) is 0 Å². The van der Waals surface area contributed by atoms with E-state index in [0.29, 0.717) is 37.8 Å². The number of alkyl halides is 3. The van der Waals surface area contributed by atoms with E-state index in [1.165, 1.54) is 0 Å². The Kier molecular flexibility index (Phi) is 19.6. The number of rotatable bonds is 20. The molecule has 0 bridgehead atoms. The Morgan fingerprint density at radius 3 is 1.79 bits per heavy atom. The highest BCUT2D eigenvalue weighted by molar-refractivity contribution is 5.95. The first kappa shape index (κ1) is 46.5. The predicted molar refractivity (Wildman–Crippen MR) is 205 cm³/mol. The molecule has 0 aliphatic rings. The fourth-order valence-corrected chi connectivity index (χ4v) is 5.17. The van der Waals surface area contributed by atoms with Gasteiger partial charge in [0, 0.05) is 18.7 Å². The first-order chi connectivity index (χ1) is 27.0. The van der Waals surface area contributed by atoms with Gasteiger partial charge in [0.15, 0.2) is 5.96 Å². The topological polar surface area (TPSA) is 289 Å². The maximum absolute atomic E-state index is 13.9. The minimum absolute atomic E-state index is 0.0635. The molecule has 0 fully saturated rings. The number of carbonyl (C=O) groups is 5. The summed E-state index contributed by atoms with van der Waals surface area (Å²) in [5.41, 5.74) is 19.5. The molecule has 4 amide bonds. The van der Waals surface area contributed by atoms with E-state index in [9.17, 15) is 32.3 Å². The van der Waals surface area contributed by atoms with Gasteiger partial charge in [-0.05, 0) is 55.2 Å². The zero-order valence-corrected chi connectivity index (χ0v) is 30.9. The highest BCUT2D eigenvalue weighted by atomic mass is 19.4. The van der Waals surface area contributed by atoms with Gasteiger partial charge in [-0.25, -0.2) is 9.59 Å². The van der Waals surface area contributed by atoms with Crippen LogP contribution in [0.5, 0.6) is 0 Å². The molecule has 19 heteroatoms. The monoisotopic (exact) mass is 799 g/mol. The average molecular weight is 800 g/mol. The summed E-state index contributed by atoms with van der Waals surface area (Å²) in [5.74, 6) is -5.40. The fourth-order valence-electron chi connectivity index (χ4n) is 5.17. The van der Waals surface area contributed by atoms with Crippen LogP contribution in [0.3, 0.4) is 0 Å². The van der Waals surface area contributed by atoms with Crippen LogP contribution < -0.4 is 38.5 Å². The minimum Gasteiger partial charge on any atom is -0.475 e. The van der Waals surface area contributed by atoms with Crippen molar-refractivity contribution in [1.82, 2.24) is 21.3 Å². The molecule has 0 heterocycles. The Morgan fingerprint density at radius 2 is 1.25 bits per heavy atom. The number of hydrogen-bond donors (Lipinski definition) is 10. The summed E-state index contributed by atoms with van der Waals surface area (Å²) in [4.78, 5) is 60.9. The molecule has 57 heavy (non-hydrogen) atoms. The van der Waals surface area contributed by atoms with Crippen molar-refractivity contribution in [1.29, 1.82) is 10.8 Å². The van der Waals surface area contributed by atoms with Crippen molar-refractivity contribution in [2.45, 2.75) is 69.3 Å². The van der Waals surface area contributed by atoms with E-state index < -0.39 is 54.0 Å². The van der Waals surface area contributed by atoms with Crippen LogP contribution in [0.1, 0.15) is 60.3 Å². The van der Waals surface area contributed by atoms with Crippen molar-refractivity contribution >= 4 is 41.6 Å². The number of amidine groups is 1. The van der Waals surface area contributed by atoms with Crippen LogP contribution >= 0.6 is 0 Å². The third kappa shape index (κ3) is 18.5. The summed E-state index contributed by atoms with van der Waals surface area (Å²) >= 11 is 0. The molecule has 3 atom stereocenters. The van der Waals surface area contributed by atoms with E-state index in [0.717, 1.165) is 16.7 Å². The molecule has 3 aromatic carbocycles. The van der Waals surface area contributed by atoms with Crippen molar-refractivity contribution in [3.05, 3.63) is 107 Å². The number of ether oxygens (including phenoxy) is 1. The standard InChI is InChI=1S/C36H47N9O5.C2HF3O2/c37-31(38)27-18-16-24(17-19-27)22-28(26-12-5-2-6-13-26)33(47)45-30(34(48)44-29(32(39)46)15-9-21-42-35(40)41)14-7-8-20-43-36(49)50-23-25-10-3-1-4-11-25;3-2(4,5)1(6)7/h1-6,10-13,16-19,28-30H,7-9,14-15,20-23H2,(H3,37,38)(H2,39,46)(H,43,49)(H,44,48)(H,45,47)(H4,40,41,42);(H,6,7)/t28-,29?,30?;/m0./s1. The number of carboxylic acid groups (broad SMARTS) is 1. The summed E-state index contributed by atoms with van der Waals surface area (Å²) in [5, 5.41) is 33.0. The number of carbonyl (C=O) groups excluding carboxylic acids is 4. The van der Waals surface area contributed by atoms with Crippen molar-refractivity contribution in [3.8, 4) is 0 Å². The lowest BCUT2D eigenvalue weighted by atomic mass is 9.90. The number of unbranched alkanes of at least 4 members (excludes halogenated alkanes) is 1. The van der Waals surface area contributed by atoms with Gasteiger partial charge in [0.1, 0.15) is 24.5 Å². The zero-order chi connectivity index (χ0) is 42.4. The molecule has 13 N–H and O–H groups in total. The molecule has 0 radical (unpaired) electrons. The van der Waals surface area contributed by atoms with Gasteiger partial charge < -0.3 is 48.3 Å². The molecule has 3 rings (SSSR count). The van der Waals surface area contributed by atoms with Crippen LogP contribution in [0.25, 0.3) is 0 Å². The number of nitrogen functional groups attached to an aromatic ring is 1. The van der Waals surface area contributed by atoms with Gasteiger partial charge in [0.05, 0.1) is 5.92 Å². The van der Waals surface area contributed by atoms with Crippen LogP contribution in [0.4, 0.5) is 18.0 Å². The van der Waals surface area contributed by atoms with Crippen molar-refractivity contribution in [2.75, 3.05) is 13.1 Å². The predicted octanol–water partition coefficient (Wildman–Crippen LogP) is 2.75. The summed E-state index contributed by atoms with van der Waals surface area (Å²) < 4.78 is 37.0. The van der Waals surface area contributed by atoms with E-state index in [2.05, 4.69) is 21.3 Å². The minimum atomic E-state index is -5.08. The van der Waals surface area contributed by atoms with E-state index in [4.69, 9.17) is 42.7 Å². The summed E-state index contributed by atoms with van der Waals surface area (Å²) in [6, 6.07) is 23.5. The molecule has 3 aromatic rings. The number of primary amides is 1. The average Bonchev–Trinajstić information content (AvgIpc) is 3.17. The lowest BCUT2D eigenvalue weighted by Gasteiger charge is -2.25. The second-order valence-corrected chi connectivity index (χ2v) is 12.6. The maximum atomic E-state index is 13.9. The number of nitrogens with one attached hydrogen (secondary N) is 6. The number of benzene rings is 3. The van der Waals surface area contributed by atoms with Gasteiger partial charge in [-0.1, -0.05) is 84.9 Å². The number of halogens is 3. The number of alkyl carbamates (subject to hydrolysis) is 1. The fraction of sp³-hybridized carbons (Fsp3) is 0.342. The van der Waals surface area contributed by atoms with Crippen LogP contribution in [-0.4, -0.2) is 78.0 Å². The SMILES string of the molecule is N=C(N)NCCCC(NC(=O)C(CCCCNC(=O)OCc1ccccc1)NC(=O)[C@@H](Cc1ccc(C(=N)N)cc1)c1ccccc1)C(N)=O.O=C(O)C(F)(F)F. The highest BCUT2D eigenvalue weighted by Gasteiger charge is 2.38. The third-order valence-corrected chi connectivity index (χ3v) is 8.15. The Labute approximate surface area is 327 Å². The summed E-state index contributed by atoms with van der Waals surface area (Å²) in [7, 11) is 0.